The predicted molar refractivity (Wildman–Crippen MR) is 87.8 cm³/mol. The number of hydrogen-bond donors (Lipinski definition) is 3. The Morgan fingerprint density at radius 3 is 2.79 bits per heavy atom. The number of hydrogen-bond acceptors (Lipinski definition) is 4. The minimum absolute atomic E-state index is 0.0353. The summed E-state index contributed by atoms with van der Waals surface area (Å²) in [7, 11) is 0. The number of ether oxygens (including phenoxy) is 1. The Balaban J connectivity index is 2.12. The lowest BCUT2D eigenvalue weighted by Crippen LogP contribution is -2.43. The number of carbonyl (C=O) groups is 3. The van der Waals surface area contributed by atoms with Gasteiger partial charge in [0.15, 0.2) is 0 Å². The van der Waals surface area contributed by atoms with E-state index < -0.39 is 30.3 Å². The van der Waals surface area contributed by atoms with Crippen LogP contribution in [0.4, 0.5) is 0 Å². The number of aromatic nitrogens is 1. The van der Waals surface area contributed by atoms with Gasteiger partial charge >= 0.3 is 11.9 Å². The second-order valence-corrected chi connectivity index (χ2v) is 5.53. The van der Waals surface area contributed by atoms with Crippen LogP contribution >= 0.6 is 11.6 Å². The van der Waals surface area contributed by atoms with Crippen molar-refractivity contribution in [2.75, 3.05) is 6.61 Å². The molecule has 0 fully saturated rings. The van der Waals surface area contributed by atoms with Gasteiger partial charge in [-0.15, -0.1) is 0 Å². The maximum atomic E-state index is 11.8. The van der Waals surface area contributed by atoms with Crippen molar-refractivity contribution in [3.8, 4) is 0 Å². The number of rotatable bonds is 7. The molecular weight excluding hydrogens is 336 g/mol. The summed E-state index contributed by atoms with van der Waals surface area (Å²) < 4.78 is 4.66. The van der Waals surface area contributed by atoms with Crippen LogP contribution in [0.5, 0.6) is 0 Å². The fraction of sp³-hybridized carbons (Fsp3) is 0.312. The lowest BCUT2D eigenvalue weighted by atomic mass is 10.0. The van der Waals surface area contributed by atoms with Crippen LogP contribution in [0.2, 0.25) is 5.02 Å². The molecular formula is C16H17ClN2O5. The van der Waals surface area contributed by atoms with E-state index in [0.717, 1.165) is 5.52 Å². The second-order valence-electron chi connectivity index (χ2n) is 5.12. The number of carboxylic acids is 1. The Hall–Kier alpha value is -2.54. The van der Waals surface area contributed by atoms with Crippen LogP contribution < -0.4 is 5.32 Å². The number of H-pyrrole nitrogens is 1. The number of carboxylic acid groups (broad SMARTS) is 1. The molecule has 7 nitrogen and oxygen atoms in total. The van der Waals surface area contributed by atoms with Gasteiger partial charge in [0, 0.05) is 23.5 Å². The van der Waals surface area contributed by atoms with E-state index in [-0.39, 0.29) is 13.0 Å². The largest absolute Gasteiger partial charge is 0.480 e. The minimum Gasteiger partial charge on any atom is -0.480 e. The molecule has 1 heterocycles. The Morgan fingerprint density at radius 1 is 1.38 bits per heavy atom. The van der Waals surface area contributed by atoms with E-state index >= 15 is 0 Å². The maximum absolute atomic E-state index is 11.8. The summed E-state index contributed by atoms with van der Waals surface area (Å²) in [5.41, 5.74) is 1.44. The Kier molecular flexibility index (Phi) is 5.81. The molecule has 1 amide bonds. The summed E-state index contributed by atoms with van der Waals surface area (Å²) in [5.74, 6) is -2.60. The van der Waals surface area contributed by atoms with Gasteiger partial charge in [0.2, 0.25) is 5.91 Å². The summed E-state index contributed by atoms with van der Waals surface area (Å²) in [6.45, 7) is 1.78. The number of nitrogens with one attached hydrogen (secondary N) is 2. The van der Waals surface area contributed by atoms with E-state index in [4.69, 9.17) is 11.6 Å². The number of esters is 1. The number of fused-ring (bicyclic) bond motifs is 1. The SMILES string of the molecule is CCOC(=O)CC(=O)N[C@H](Cc1c[nH]c2cccc(Cl)c12)C(=O)O. The molecule has 2 rings (SSSR count). The summed E-state index contributed by atoms with van der Waals surface area (Å²) in [6, 6.07) is 4.12. The summed E-state index contributed by atoms with van der Waals surface area (Å²) in [5, 5.41) is 12.9. The molecule has 0 spiro atoms. The van der Waals surface area contributed by atoms with Gasteiger partial charge in [-0.1, -0.05) is 17.7 Å². The number of halogens is 1. The number of carbonyl (C=O) groups excluding carboxylic acids is 2. The summed E-state index contributed by atoms with van der Waals surface area (Å²) >= 11 is 6.16. The molecule has 8 heteroatoms. The first-order valence-electron chi connectivity index (χ1n) is 7.34. The molecule has 2 aromatic rings. The maximum Gasteiger partial charge on any atom is 0.326 e. The van der Waals surface area contributed by atoms with Crippen LogP contribution in [0.25, 0.3) is 10.9 Å². The number of aliphatic carboxylic acids is 1. The van der Waals surface area contributed by atoms with Gasteiger partial charge in [0.05, 0.1) is 11.6 Å². The van der Waals surface area contributed by atoms with Gasteiger partial charge in [-0.3, -0.25) is 9.59 Å². The fourth-order valence-electron chi connectivity index (χ4n) is 2.38. The number of amides is 1. The highest BCUT2D eigenvalue weighted by Crippen LogP contribution is 2.27. The molecule has 3 N–H and O–H groups in total. The number of aromatic amines is 1. The molecule has 0 aliphatic carbocycles. The van der Waals surface area contributed by atoms with Crippen LogP contribution in [0.15, 0.2) is 24.4 Å². The monoisotopic (exact) mass is 352 g/mol. The third-order valence-electron chi connectivity index (χ3n) is 3.40. The molecule has 0 saturated carbocycles. The third kappa shape index (κ3) is 4.26. The second kappa shape index (κ2) is 7.83. The molecule has 128 valence electrons. The van der Waals surface area contributed by atoms with Gasteiger partial charge in [-0.05, 0) is 24.6 Å². The molecule has 1 aromatic heterocycles. The lowest BCUT2D eigenvalue weighted by Gasteiger charge is -2.14. The first-order valence-corrected chi connectivity index (χ1v) is 7.72. The van der Waals surface area contributed by atoms with Crippen molar-refractivity contribution in [2.45, 2.75) is 25.8 Å². The standard InChI is InChI=1S/C16H17ClN2O5/c1-2-24-14(21)7-13(20)19-12(16(22)23)6-9-8-18-11-5-3-4-10(17)15(9)11/h3-5,8,12,18H,2,6-7H2,1H3,(H,19,20)(H,22,23)/t12-/m1/s1. The Bertz CT molecular complexity index is 771. The van der Waals surface area contributed by atoms with Crippen molar-refractivity contribution in [3.05, 3.63) is 35.0 Å². The highest BCUT2D eigenvalue weighted by atomic mass is 35.5. The first kappa shape index (κ1) is 17.8. The van der Waals surface area contributed by atoms with Gasteiger partial charge in [0.1, 0.15) is 12.5 Å². The van der Waals surface area contributed by atoms with E-state index in [1.54, 1.807) is 25.3 Å². The van der Waals surface area contributed by atoms with Crippen molar-refractivity contribution in [3.63, 3.8) is 0 Å². The fourth-order valence-corrected chi connectivity index (χ4v) is 2.67. The smallest absolute Gasteiger partial charge is 0.326 e. The summed E-state index contributed by atoms with van der Waals surface area (Å²) in [6.07, 6.45) is 1.17. The summed E-state index contributed by atoms with van der Waals surface area (Å²) in [4.78, 5) is 37.5. The zero-order valence-electron chi connectivity index (χ0n) is 13.0. The molecule has 24 heavy (non-hydrogen) atoms. The van der Waals surface area contributed by atoms with Crippen LogP contribution in [-0.2, 0) is 25.5 Å². The number of benzene rings is 1. The van der Waals surface area contributed by atoms with Gasteiger partial charge in [0.25, 0.3) is 0 Å². The van der Waals surface area contributed by atoms with Crippen LogP contribution in [-0.4, -0.2) is 40.6 Å². The van der Waals surface area contributed by atoms with E-state index in [1.165, 1.54) is 0 Å². The van der Waals surface area contributed by atoms with E-state index in [9.17, 15) is 19.5 Å². The zero-order valence-corrected chi connectivity index (χ0v) is 13.7. The quantitative estimate of drug-likeness (QED) is 0.521. The van der Waals surface area contributed by atoms with Crippen molar-refractivity contribution in [2.24, 2.45) is 0 Å². The highest BCUT2D eigenvalue weighted by Gasteiger charge is 2.23. The molecule has 1 atom stereocenters. The normalized spacial score (nSPS) is 11.9. The Morgan fingerprint density at radius 2 is 2.12 bits per heavy atom. The molecule has 1 aromatic carbocycles. The average Bonchev–Trinajstić information content (AvgIpc) is 2.91. The molecule has 0 aliphatic rings. The predicted octanol–water partition coefficient (Wildman–Crippen LogP) is 1.89. The van der Waals surface area contributed by atoms with Gasteiger partial charge < -0.3 is 20.1 Å². The van der Waals surface area contributed by atoms with Crippen LogP contribution in [0.3, 0.4) is 0 Å². The topological polar surface area (TPSA) is 108 Å². The first-order chi connectivity index (χ1) is 11.4. The highest BCUT2D eigenvalue weighted by molar-refractivity contribution is 6.35. The molecule has 0 aliphatic heterocycles. The van der Waals surface area contributed by atoms with Crippen molar-refractivity contribution in [1.82, 2.24) is 10.3 Å². The van der Waals surface area contributed by atoms with E-state index in [0.29, 0.717) is 16.0 Å². The van der Waals surface area contributed by atoms with Crippen molar-refractivity contribution >= 4 is 40.3 Å². The Labute approximate surface area is 142 Å². The average molecular weight is 353 g/mol. The van der Waals surface area contributed by atoms with Crippen LogP contribution in [0.1, 0.15) is 18.9 Å². The van der Waals surface area contributed by atoms with Crippen molar-refractivity contribution in [1.29, 1.82) is 0 Å². The zero-order chi connectivity index (χ0) is 17.7. The lowest BCUT2D eigenvalue weighted by molar-refractivity contribution is -0.148. The third-order valence-corrected chi connectivity index (χ3v) is 3.72. The molecule has 0 radical (unpaired) electrons. The minimum atomic E-state index is -1.20. The molecule has 0 bridgehead atoms. The van der Waals surface area contributed by atoms with Gasteiger partial charge in [-0.25, -0.2) is 4.79 Å². The van der Waals surface area contributed by atoms with E-state index in [2.05, 4.69) is 15.0 Å². The van der Waals surface area contributed by atoms with Gasteiger partial charge in [-0.2, -0.15) is 0 Å². The van der Waals surface area contributed by atoms with Crippen molar-refractivity contribution < 1.29 is 24.2 Å². The molecule has 0 unspecified atom stereocenters. The van der Waals surface area contributed by atoms with Crippen LogP contribution in [0, 0.1) is 0 Å². The molecule has 0 saturated heterocycles. The van der Waals surface area contributed by atoms with E-state index in [1.807, 2.05) is 6.07 Å².